The van der Waals surface area contributed by atoms with E-state index in [4.69, 9.17) is 23.7 Å². The van der Waals surface area contributed by atoms with E-state index in [0.717, 1.165) is 5.39 Å². The maximum absolute atomic E-state index is 12.2. The molecular weight excluding hydrogens is 452 g/mol. The zero-order chi connectivity index (χ0) is 25.6. The molecule has 0 aliphatic heterocycles. The lowest BCUT2D eigenvalue weighted by atomic mass is 10.1. The third kappa shape index (κ3) is 6.63. The van der Waals surface area contributed by atoms with Crippen molar-refractivity contribution in [2.45, 2.75) is 26.4 Å². The minimum atomic E-state index is -0.759. The van der Waals surface area contributed by atoms with Gasteiger partial charge in [-0.05, 0) is 62.7 Å². The van der Waals surface area contributed by atoms with Gasteiger partial charge in [0.05, 0.1) is 26.8 Å². The summed E-state index contributed by atoms with van der Waals surface area (Å²) in [4.78, 5) is 28.9. The average molecular weight is 481 g/mol. The van der Waals surface area contributed by atoms with Gasteiger partial charge in [0.2, 0.25) is 11.6 Å². The third-order valence-corrected chi connectivity index (χ3v) is 4.63. The number of ether oxygens (including phenoxy) is 5. The van der Waals surface area contributed by atoms with Crippen molar-refractivity contribution in [1.82, 2.24) is 10.3 Å². The summed E-state index contributed by atoms with van der Waals surface area (Å²) in [6.07, 6.45) is 0.740. The number of esters is 1. The summed E-state index contributed by atoms with van der Waals surface area (Å²) >= 11 is 0. The number of rotatable bonds is 7. The fourth-order valence-electron chi connectivity index (χ4n) is 3.13. The molecule has 3 aromatic rings. The van der Waals surface area contributed by atoms with Gasteiger partial charge in [0.25, 0.3) is 0 Å². The van der Waals surface area contributed by atoms with Gasteiger partial charge in [-0.3, -0.25) is 5.32 Å². The number of para-hydroxylation sites is 1. The molecule has 0 fully saturated rings. The van der Waals surface area contributed by atoms with Crippen LogP contribution in [0.25, 0.3) is 17.0 Å². The Bertz CT molecular complexity index is 1240. The Morgan fingerprint density at radius 1 is 0.943 bits per heavy atom. The van der Waals surface area contributed by atoms with Crippen molar-refractivity contribution in [2.24, 2.45) is 0 Å². The number of benzene rings is 2. The summed E-state index contributed by atoms with van der Waals surface area (Å²) in [5, 5.41) is 3.24. The molecule has 9 heteroatoms. The topological polar surface area (TPSA) is 105 Å². The average Bonchev–Trinajstić information content (AvgIpc) is 2.82. The summed E-state index contributed by atoms with van der Waals surface area (Å²) in [5.41, 5.74) is 0.536. The van der Waals surface area contributed by atoms with Crippen molar-refractivity contribution in [3.8, 4) is 23.1 Å². The van der Waals surface area contributed by atoms with Crippen LogP contribution in [0, 0.1) is 0 Å². The largest absolute Gasteiger partial charge is 0.493 e. The number of fused-ring (bicyclic) bond motifs is 1. The normalized spacial score (nSPS) is 11.5. The first kappa shape index (κ1) is 25.4. The van der Waals surface area contributed by atoms with Crippen LogP contribution < -0.4 is 19.5 Å². The summed E-state index contributed by atoms with van der Waals surface area (Å²) in [7, 11) is 4.32. The highest BCUT2D eigenvalue weighted by atomic mass is 16.6. The first-order chi connectivity index (χ1) is 16.6. The van der Waals surface area contributed by atoms with Crippen LogP contribution >= 0.6 is 0 Å². The molecule has 35 heavy (non-hydrogen) atoms. The Hall–Kier alpha value is -4.27. The van der Waals surface area contributed by atoms with Crippen LogP contribution in [-0.4, -0.2) is 44.0 Å². The summed E-state index contributed by atoms with van der Waals surface area (Å²) in [5.74, 6) is 1.09. The minimum Gasteiger partial charge on any atom is -0.493 e. The number of amides is 1. The van der Waals surface area contributed by atoms with E-state index in [1.54, 1.807) is 71.4 Å². The number of pyridine rings is 1. The molecule has 1 N–H and O–H groups in total. The monoisotopic (exact) mass is 480 g/mol. The van der Waals surface area contributed by atoms with E-state index in [1.165, 1.54) is 13.2 Å². The molecule has 3 rings (SSSR count). The molecule has 2 aromatic carbocycles. The fourth-order valence-corrected chi connectivity index (χ4v) is 3.13. The molecule has 0 radical (unpaired) electrons. The van der Waals surface area contributed by atoms with E-state index in [1.807, 2.05) is 12.1 Å². The lowest BCUT2D eigenvalue weighted by Crippen LogP contribution is -2.34. The van der Waals surface area contributed by atoms with Gasteiger partial charge in [-0.25, -0.2) is 14.6 Å². The van der Waals surface area contributed by atoms with Crippen molar-refractivity contribution in [2.75, 3.05) is 21.3 Å². The zero-order valence-corrected chi connectivity index (χ0v) is 20.5. The number of carbonyl (C=O) groups is 2. The quantitative estimate of drug-likeness (QED) is 0.369. The fraction of sp³-hybridized carbons (Fsp3) is 0.269. The Morgan fingerprint density at radius 2 is 1.63 bits per heavy atom. The maximum Gasteiger partial charge on any atom is 0.412 e. The van der Waals surface area contributed by atoms with Crippen molar-refractivity contribution in [1.29, 1.82) is 0 Å². The molecule has 1 aromatic heterocycles. The highest BCUT2D eigenvalue weighted by molar-refractivity contribution is 5.97. The number of alkyl carbamates (subject to hydrolysis) is 1. The first-order valence-corrected chi connectivity index (χ1v) is 10.7. The number of nitrogens with zero attached hydrogens (tertiary/aromatic N) is 1. The number of carbonyl (C=O) groups excluding carboxylic acids is 2. The van der Waals surface area contributed by atoms with Crippen LogP contribution in [0.2, 0.25) is 0 Å². The maximum atomic E-state index is 12.2. The number of nitrogens with one attached hydrogen (secondary N) is 1. The van der Waals surface area contributed by atoms with E-state index in [2.05, 4.69) is 10.3 Å². The zero-order valence-electron chi connectivity index (χ0n) is 20.5. The standard InChI is InChI=1S/C26H28N2O7/c1-26(2,3)35-25(30)28-19(24(29)33-6)15-16-10-12-18-17(14-16)11-13-22(27-18)34-23-20(31-4)8-7-9-21(23)32-5/h7-15H,1-6H3,(H,28,30)/b19-15+. The summed E-state index contributed by atoms with van der Waals surface area (Å²) in [6, 6.07) is 14.2. The van der Waals surface area contributed by atoms with Crippen molar-refractivity contribution < 1.29 is 33.3 Å². The molecule has 0 saturated heterocycles. The van der Waals surface area contributed by atoms with Crippen molar-refractivity contribution >= 4 is 29.0 Å². The Labute approximate surface area is 203 Å². The Morgan fingerprint density at radius 3 is 2.23 bits per heavy atom. The predicted molar refractivity (Wildman–Crippen MR) is 131 cm³/mol. The smallest absolute Gasteiger partial charge is 0.412 e. The van der Waals surface area contributed by atoms with Crippen LogP contribution in [0.5, 0.6) is 23.1 Å². The Kier molecular flexibility index (Phi) is 7.80. The third-order valence-electron chi connectivity index (χ3n) is 4.63. The lowest BCUT2D eigenvalue weighted by molar-refractivity contribution is -0.136. The van der Waals surface area contributed by atoms with Gasteiger partial charge in [-0.15, -0.1) is 0 Å². The summed E-state index contributed by atoms with van der Waals surface area (Å²) < 4.78 is 26.7. The molecule has 0 spiro atoms. The number of aromatic nitrogens is 1. The second kappa shape index (κ2) is 10.8. The van der Waals surface area contributed by atoms with E-state index in [9.17, 15) is 9.59 Å². The predicted octanol–water partition coefficient (Wildman–Crippen LogP) is 5.08. The van der Waals surface area contributed by atoms with Crippen LogP contribution in [0.15, 0.2) is 54.2 Å². The SMILES string of the molecule is COC(=O)/C(=C\c1ccc2nc(Oc3c(OC)cccc3OC)ccc2c1)NC(=O)OC(C)(C)C. The molecule has 0 atom stereocenters. The van der Waals surface area contributed by atoms with Crippen LogP contribution in [0.3, 0.4) is 0 Å². The number of hydrogen-bond donors (Lipinski definition) is 1. The van der Waals surface area contributed by atoms with Gasteiger partial charge < -0.3 is 23.7 Å². The van der Waals surface area contributed by atoms with Crippen LogP contribution in [0.4, 0.5) is 4.79 Å². The molecule has 0 unspecified atom stereocenters. The molecule has 0 saturated carbocycles. The van der Waals surface area contributed by atoms with Gasteiger partial charge >= 0.3 is 12.1 Å². The molecule has 1 amide bonds. The molecule has 1 heterocycles. The van der Waals surface area contributed by atoms with E-state index in [-0.39, 0.29) is 5.70 Å². The number of methoxy groups -OCH3 is 3. The second-order valence-corrected chi connectivity index (χ2v) is 8.37. The highest BCUT2D eigenvalue weighted by Gasteiger charge is 2.20. The van der Waals surface area contributed by atoms with Gasteiger partial charge in [-0.2, -0.15) is 0 Å². The molecule has 0 bridgehead atoms. The first-order valence-electron chi connectivity index (χ1n) is 10.7. The molecule has 0 aliphatic carbocycles. The van der Waals surface area contributed by atoms with Gasteiger partial charge in [0, 0.05) is 11.5 Å². The second-order valence-electron chi connectivity index (χ2n) is 8.37. The molecule has 9 nitrogen and oxygen atoms in total. The summed E-state index contributed by atoms with van der Waals surface area (Å²) in [6.45, 7) is 5.19. The van der Waals surface area contributed by atoms with Crippen molar-refractivity contribution in [3.05, 3.63) is 59.8 Å². The van der Waals surface area contributed by atoms with Gasteiger partial charge in [0.1, 0.15) is 11.3 Å². The van der Waals surface area contributed by atoms with Crippen LogP contribution in [0.1, 0.15) is 26.3 Å². The van der Waals surface area contributed by atoms with Gasteiger partial charge in [0.15, 0.2) is 11.5 Å². The van der Waals surface area contributed by atoms with Crippen molar-refractivity contribution in [3.63, 3.8) is 0 Å². The van der Waals surface area contributed by atoms with Gasteiger partial charge in [-0.1, -0.05) is 12.1 Å². The molecule has 0 aliphatic rings. The Balaban J connectivity index is 1.88. The number of hydrogen-bond acceptors (Lipinski definition) is 8. The molecular formula is C26H28N2O7. The highest BCUT2D eigenvalue weighted by Crippen LogP contribution is 2.39. The van der Waals surface area contributed by atoms with E-state index in [0.29, 0.717) is 34.2 Å². The van der Waals surface area contributed by atoms with Crippen LogP contribution in [-0.2, 0) is 14.3 Å². The lowest BCUT2D eigenvalue weighted by Gasteiger charge is -2.20. The molecule has 184 valence electrons. The van der Waals surface area contributed by atoms with E-state index >= 15 is 0 Å². The minimum absolute atomic E-state index is 0.0581. The van der Waals surface area contributed by atoms with E-state index < -0.39 is 17.7 Å².